The maximum Gasteiger partial charge on any atom is 0.0682 e. The molecule has 0 aliphatic rings. The summed E-state index contributed by atoms with van der Waals surface area (Å²) in [6.45, 7) is 6.74. The van der Waals surface area contributed by atoms with Gasteiger partial charge in [-0.15, -0.1) is 0 Å². The first-order valence-electron chi connectivity index (χ1n) is 5.86. The molecule has 0 saturated carbocycles. The highest BCUT2D eigenvalue weighted by molar-refractivity contribution is 7.98. The molecule has 1 rings (SSSR count). The number of thioether (sulfide) groups is 1. The van der Waals surface area contributed by atoms with E-state index in [9.17, 15) is 0 Å². The second kappa shape index (κ2) is 6.43. The Labute approximate surface area is 108 Å². The van der Waals surface area contributed by atoms with Gasteiger partial charge in [-0.1, -0.05) is 39.0 Å². The summed E-state index contributed by atoms with van der Waals surface area (Å²) in [5.74, 6) is 2.03. The summed E-state index contributed by atoms with van der Waals surface area (Å²) < 4.78 is 0. The molecule has 0 aliphatic heterocycles. The van der Waals surface area contributed by atoms with Crippen LogP contribution >= 0.6 is 11.8 Å². The third kappa shape index (κ3) is 5.57. The molecule has 2 N–H and O–H groups in total. The summed E-state index contributed by atoms with van der Waals surface area (Å²) in [7, 11) is 0. The second-order valence-electron chi connectivity index (χ2n) is 5.53. The van der Waals surface area contributed by atoms with E-state index in [4.69, 9.17) is 10.2 Å². The van der Waals surface area contributed by atoms with Crippen LogP contribution < -0.4 is 0 Å². The minimum absolute atomic E-state index is 0.0325. The van der Waals surface area contributed by atoms with Gasteiger partial charge in [0.15, 0.2) is 0 Å². The molecule has 0 aromatic heterocycles. The van der Waals surface area contributed by atoms with Gasteiger partial charge in [-0.05, 0) is 27.9 Å². The molecule has 0 aliphatic carbocycles. The van der Waals surface area contributed by atoms with E-state index in [0.717, 1.165) is 22.6 Å². The maximum atomic E-state index is 9.15. The minimum atomic E-state index is 0.0325. The number of hydrogen-bond donors (Lipinski definition) is 2. The van der Waals surface area contributed by atoms with Gasteiger partial charge in [-0.25, -0.2) is 0 Å². The Bertz CT molecular complexity index is 333. The summed E-state index contributed by atoms with van der Waals surface area (Å²) in [6.07, 6.45) is 0. The van der Waals surface area contributed by atoms with E-state index in [-0.39, 0.29) is 13.2 Å². The lowest BCUT2D eigenvalue weighted by Crippen LogP contribution is -2.08. The van der Waals surface area contributed by atoms with Gasteiger partial charge in [0, 0.05) is 5.75 Å². The Balaban J connectivity index is 2.64. The van der Waals surface area contributed by atoms with Crippen molar-refractivity contribution in [2.45, 2.75) is 39.7 Å². The van der Waals surface area contributed by atoms with E-state index in [1.54, 1.807) is 0 Å². The molecule has 1 aromatic rings. The molecular formula is C14H22O2S. The number of aliphatic hydroxyl groups excluding tert-OH is 2. The van der Waals surface area contributed by atoms with Crippen LogP contribution in [0, 0.1) is 5.41 Å². The Morgan fingerprint density at radius 3 is 1.82 bits per heavy atom. The van der Waals surface area contributed by atoms with Crippen LogP contribution in [0.5, 0.6) is 0 Å². The highest BCUT2D eigenvalue weighted by atomic mass is 32.2. The average Bonchev–Trinajstić information content (AvgIpc) is 2.26. The Hall–Kier alpha value is -0.510. The van der Waals surface area contributed by atoms with Crippen LogP contribution in [0.2, 0.25) is 0 Å². The Morgan fingerprint density at radius 2 is 1.41 bits per heavy atom. The second-order valence-corrected chi connectivity index (χ2v) is 6.51. The van der Waals surface area contributed by atoms with Gasteiger partial charge >= 0.3 is 0 Å². The van der Waals surface area contributed by atoms with Crippen molar-refractivity contribution in [3.8, 4) is 0 Å². The minimum Gasteiger partial charge on any atom is -0.392 e. The maximum absolute atomic E-state index is 9.15. The first kappa shape index (κ1) is 14.6. The molecule has 0 unspecified atom stereocenters. The van der Waals surface area contributed by atoms with Crippen molar-refractivity contribution in [1.82, 2.24) is 0 Å². The third-order valence-electron chi connectivity index (χ3n) is 2.28. The molecule has 96 valence electrons. The quantitative estimate of drug-likeness (QED) is 0.848. The van der Waals surface area contributed by atoms with Crippen LogP contribution in [-0.2, 0) is 19.0 Å². The Morgan fingerprint density at radius 1 is 0.941 bits per heavy atom. The third-order valence-corrected chi connectivity index (χ3v) is 3.89. The van der Waals surface area contributed by atoms with Crippen LogP contribution in [0.4, 0.5) is 0 Å². The summed E-state index contributed by atoms with van der Waals surface area (Å²) in [4.78, 5) is 0. The van der Waals surface area contributed by atoms with Crippen LogP contribution in [-0.4, -0.2) is 16.0 Å². The molecule has 0 radical (unpaired) electrons. The van der Waals surface area contributed by atoms with Gasteiger partial charge in [0.25, 0.3) is 0 Å². The van der Waals surface area contributed by atoms with Crippen molar-refractivity contribution >= 4 is 11.8 Å². The van der Waals surface area contributed by atoms with Crippen molar-refractivity contribution in [3.05, 3.63) is 34.9 Å². The van der Waals surface area contributed by atoms with E-state index in [1.165, 1.54) is 5.56 Å². The highest BCUT2D eigenvalue weighted by Gasteiger charge is 2.10. The zero-order chi connectivity index (χ0) is 12.9. The fraction of sp³-hybridized carbons (Fsp3) is 0.571. The largest absolute Gasteiger partial charge is 0.392 e. The number of rotatable bonds is 5. The monoisotopic (exact) mass is 254 g/mol. The van der Waals surface area contributed by atoms with Crippen molar-refractivity contribution < 1.29 is 10.2 Å². The van der Waals surface area contributed by atoms with Gasteiger partial charge in [0.1, 0.15) is 0 Å². The predicted octanol–water partition coefficient (Wildman–Crippen LogP) is 2.95. The molecule has 0 atom stereocenters. The van der Waals surface area contributed by atoms with Crippen LogP contribution in [0.1, 0.15) is 37.5 Å². The van der Waals surface area contributed by atoms with Gasteiger partial charge < -0.3 is 10.2 Å². The molecule has 0 amide bonds. The lowest BCUT2D eigenvalue weighted by molar-refractivity contribution is 0.275. The van der Waals surface area contributed by atoms with Crippen molar-refractivity contribution in [1.29, 1.82) is 0 Å². The zero-order valence-electron chi connectivity index (χ0n) is 10.9. The first-order chi connectivity index (χ1) is 7.94. The summed E-state index contributed by atoms with van der Waals surface area (Å²) >= 11 is 1.89. The van der Waals surface area contributed by atoms with E-state index >= 15 is 0 Å². The molecular weight excluding hydrogens is 232 g/mol. The van der Waals surface area contributed by atoms with Gasteiger partial charge in [-0.2, -0.15) is 11.8 Å². The average molecular weight is 254 g/mol. The summed E-state index contributed by atoms with van der Waals surface area (Å²) in [5, 5.41) is 18.3. The highest BCUT2D eigenvalue weighted by Crippen LogP contribution is 2.24. The van der Waals surface area contributed by atoms with E-state index in [0.29, 0.717) is 5.41 Å². The molecule has 0 spiro atoms. The Kier molecular flexibility index (Phi) is 5.50. The van der Waals surface area contributed by atoms with Crippen molar-refractivity contribution in [2.75, 3.05) is 5.75 Å². The number of hydrogen-bond acceptors (Lipinski definition) is 3. The molecule has 0 bridgehead atoms. The zero-order valence-corrected chi connectivity index (χ0v) is 11.7. The molecule has 0 saturated heterocycles. The van der Waals surface area contributed by atoms with Gasteiger partial charge in [0.05, 0.1) is 13.2 Å². The SMILES string of the molecule is CC(C)(C)CSCc1cc(CO)cc(CO)c1. The van der Waals surface area contributed by atoms with Crippen molar-refractivity contribution in [2.24, 2.45) is 5.41 Å². The van der Waals surface area contributed by atoms with Crippen LogP contribution in [0.25, 0.3) is 0 Å². The summed E-state index contributed by atoms with van der Waals surface area (Å²) in [5.41, 5.74) is 3.26. The standard InChI is InChI=1S/C14H22O2S/c1-14(2,3)10-17-9-13-5-11(7-15)4-12(6-13)8-16/h4-6,15-16H,7-10H2,1-3H3. The topological polar surface area (TPSA) is 40.5 Å². The lowest BCUT2D eigenvalue weighted by Gasteiger charge is -2.17. The van der Waals surface area contributed by atoms with E-state index in [2.05, 4.69) is 20.8 Å². The molecule has 0 heterocycles. The summed E-state index contributed by atoms with van der Waals surface area (Å²) in [6, 6.07) is 5.86. The fourth-order valence-electron chi connectivity index (χ4n) is 1.58. The first-order valence-corrected chi connectivity index (χ1v) is 7.01. The fourth-order valence-corrected chi connectivity index (χ4v) is 2.70. The molecule has 17 heavy (non-hydrogen) atoms. The van der Waals surface area contributed by atoms with Gasteiger partial charge in [-0.3, -0.25) is 0 Å². The molecule has 2 nitrogen and oxygen atoms in total. The van der Waals surface area contributed by atoms with Gasteiger partial charge in [0.2, 0.25) is 0 Å². The smallest absolute Gasteiger partial charge is 0.0682 e. The van der Waals surface area contributed by atoms with Crippen LogP contribution in [0.3, 0.4) is 0 Å². The molecule has 3 heteroatoms. The lowest BCUT2D eigenvalue weighted by atomic mass is 10.0. The number of aliphatic hydroxyl groups is 2. The molecule has 1 aromatic carbocycles. The van der Waals surface area contributed by atoms with Crippen molar-refractivity contribution in [3.63, 3.8) is 0 Å². The normalized spacial score (nSPS) is 11.8. The van der Waals surface area contributed by atoms with E-state index < -0.39 is 0 Å². The number of benzene rings is 1. The van der Waals surface area contributed by atoms with Crippen LogP contribution in [0.15, 0.2) is 18.2 Å². The molecule has 0 fully saturated rings. The van der Waals surface area contributed by atoms with E-state index in [1.807, 2.05) is 30.0 Å². The predicted molar refractivity (Wildman–Crippen MR) is 73.9 cm³/mol.